The van der Waals surface area contributed by atoms with Crippen molar-refractivity contribution in [2.75, 3.05) is 6.54 Å². The summed E-state index contributed by atoms with van der Waals surface area (Å²) in [5, 5.41) is 9.31. The van der Waals surface area contributed by atoms with Crippen molar-refractivity contribution in [1.82, 2.24) is 4.90 Å². The Bertz CT molecular complexity index is 374. The van der Waals surface area contributed by atoms with E-state index in [0.717, 1.165) is 25.7 Å². The predicted molar refractivity (Wildman–Crippen MR) is 69.8 cm³/mol. The quantitative estimate of drug-likeness (QED) is 0.794. The van der Waals surface area contributed by atoms with Crippen molar-refractivity contribution >= 4 is 12.1 Å². The van der Waals surface area contributed by atoms with Gasteiger partial charge in [0.2, 0.25) is 0 Å². The van der Waals surface area contributed by atoms with Gasteiger partial charge >= 0.3 is 12.1 Å². The zero-order chi connectivity index (χ0) is 14.2. The molecule has 1 aliphatic carbocycles. The summed E-state index contributed by atoms with van der Waals surface area (Å²) < 4.78 is 5.39. The fourth-order valence-electron chi connectivity index (χ4n) is 3.27. The lowest BCUT2D eigenvalue weighted by Crippen LogP contribution is -2.42. The lowest BCUT2D eigenvalue weighted by molar-refractivity contribution is -0.142. The van der Waals surface area contributed by atoms with Crippen molar-refractivity contribution in [3.63, 3.8) is 0 Å². The second-order valence-electron chi connectivity index (χ2n) is 6.59. The van der Waals surface area contributed by atoms with Crippen LogP contribution in [0.5, 0.6) is 0 Å². The summed E-state index contributed by atoms with van der Waals surface area (Å²) in [4.78, 5) is 25.2. The third-order valence-electron chi connectivity index (χ3n) is 4.04. The number of likely N-dealkylation sites (tertiary alicyclic amines) is 1. The highest BCUT2D eigenvalue weighted by atomic mass is 16.6. The summed E-state index contributed by atoms with van der Waals surface area (Å²) in [6, 6.07) is 0.0460. The zero-order valence-corrected chi connectivity index (χ0v) is 11.9. The van der Waals surface area contributed by atoms with Crippen LogP contribution in [0.2, 0.25) is 0 Å². The third-order valence-corrected chi connectivity index (χ3v) is 4.04. The van der Waals surface area contributed by atoms with E-state index in [-0.39, 0.29) is 18.1 Å². The molecule has 108 valence electrons. The van der Waals surface area contributed by atoms with E-state index in [4.69, 9.17) is 4.74 Å². The van der Waals surface area contributed by atoms with Gasteiger partial charge in [0.25, 0.3) is 0 Å². The Kier molecular flexibility index (Phi) is 3.74. The lowest BCUT2D eigenvalue weighted by Gasteiger charge is -2.33. The molecular weight excluding hydrogens is 246 g/mol. The fourth-order valence-corrected chi connectivity index (χ4v) is 3.27. The van der Waals surface area contributed by atoms with Gasteiger partial charge in [-0.15, -0.1) is 0 Å². The van der Waals surface area contributed by atoms with E-state index in [9.17, 15) is 14.7 Å². The molecule has 0 radical (unpaired) electrons. The molecule has 1 amide bonds. The minimum atomic E-state index is -0.789. The molecule has 3 atom stereocenters. The zero-order valence-electron chi connectivity index (χ0n) is 11.9. The Labute approximate surface area is 113 Å². The van der Waals surface area contributed by atoms with Gasteiger partial charge in [-0.05, 0) is 39.5 Å². The first-order valence-electron chi connectivity index (χ1n) is 7.02. The number of carbonyl (C=O) groups excluding carboxylic acids is 1. The molecule has 3 unspecified atom stereocenters. The van der Waals surface area contributed by atoms with E-state index < -0.39 is 17.5 Å². The molecule has 0 aromatic heterocycles. The van der Waals surface area contributed by atoms with Crippen LogP contribution in [-0.4, -0.2) is 40.3 Å². The van der Waals surface area contributed by atoms with Crippen molar-refractivity contribution < 1.29 is 19.4 Å². The molecule has 1 saturated heterocycles. The summed E-state index contributed by atoms with van der Waals surface area (Å²) in [7, 11) is 0. The van der Waals surface area contributed by atoms with Crippen molar-refractivity contribution in [3.05, 3.63) is 0 Å². The van der Waals surface area contributed by atoms with E-state index in [1.807, 2.05) is 20.8 Å². The van der Waals surface area contributed by atoms with Gasteiger partial charge in [0.1, 0.15) is 5.60 Å². The molecule has 0 aromatic rings. The van der Waals surface area contributed by atoms with Gasteiger partial charge in [-0.2, -0.15) is 0 Å². The maximum atomic E-state index is 12.2. The number of rotatable bonds is 1. The normalized spacial score (nSPS) is 30.9. The average Bonchev–Trinajstić information content (AvgIpc) is 2.66. The van der Waals surface area contributed by atoms with E-state index in [0.29, 0.717) is 6.54 Å². The van der Waals surface area contributed by atoms with Crippen LogP contribution in [0.15, 0.2) is 0 Å². The first-order chi connectivity index (χ1) is 8.79. The minimum Gasteiger partial charge on any atom is -0.481 e. The maximum Gasteiger partial charge on any atom is 0.410 e. The maximum absolute atomic E-state index is 12.2. The van der Waals surface area contributed by atoms with Crippen LogP contribution >= 0.6 is 0 Å². The van der Waals surface area contributed by atoms with Crippen molar-refractivity contribution in [2.45, 2.75) is 58.1 Å². The highest BCUT2D eigenvalue weighted by Crippen LogP contribution is 2.40. The largest absolute Gasteiger partial charge is 0.481 e. The van der Waals surface area contributed by atoms with Gasteiger partial charge < -0.3 is 14.7 Å². The number of amides is 1. The van der Waals surface area contributed by atoms with Crippen molar-refractivity contribution in [1.29, 1.82) is 0 Å². The van der Waals surface area contributed by atoms with Crippen LogP contribution in [0.3, 0.4) is 0 Å². The number of ether oxygens (including phenoxy) is 1. The molecular formula is C14H23NO4. The molecule has 5 heteroatoms. The van der Waals surface area contributed by atoms with Crippen LogP contribution in [0.25, 0.3) is 0 Å². The molecule has 0 spiro atoms. The molecule has 1 aliphatic heterocycles. The molecule has 1 heterocycles. The second kappa shape index (κ2) is 5.02. The van der Waals surface area contributed by atoms with Gasteiger partial charge in [-0.25, -0.2) is 4.79 Å². The SMILES string of the molecule is CC(C)(C)OC(=O)N1CC(C(=O)O)C2CCCCC21. The first kappa shape index (κ1) is 14.2. The van der Waals surface area contributed by atoms with Gasteiger partial charge in [-0.3, -0.25) is 4.79 Å². The number of fused-ring (bicyclic) bond motifs is 1. The van der Waals surface area contributed by atoms with E-state index in [2.05, 4.69) is 0 Å². The summed E-state index contributed by atoms with van der Waals surface area (Å²) in [5.74, 6) is -1.13. The Morgan fingerprint density at radius 1 is 1.21 bits per heavy atom. The number of carboxylic acid groups (broad SMARTS) is 1. The smallest absolute Gasteiger partial charge is 0.410 e. The Balaban J connectivity index is 2.12. The van der Waals surface area contributed by atoms with Crippen LogP contribution in [0.4, 0.5) is 4.79 Å². The van der Waals surface area contributed by atoms with Gasteiger partial charge in [0.05, 0.1) is 5.92 Å². The summed E-state index contributed by atoms with van der Waals surface area (Å²) in [6.07, 6.45) is 3.56. The van der Waals surface area contributed by atoms with Crippen LogP contribution in [-0.2, 0) is 9.53 Å². The molecule has 0 bridgehead atoms. The third kappa shape index (κ3) is 3.01. The topological polar surface area (TPSA) is 66.8 Å². The molecule has 5 nitrogen and oxygen atoms in total. The number of carbonyl (C=O) groups is 2. The van der Waals surface area contributed by atoms with Gasteiger partial charge in [0, 0.05) is 12.6 Å². The Morgan fingerprint density at radius 3 is 2.42 bits per heavy atom. The van der Waals surface area contributed by atoms with Crippen LogP contribution in [0.1, 0.15) is 46.5 Å². The number of hydrogen-bond acceptors (Lipinski definition) is 3. The average molecular weight is 269 g/mol. The Hall–Kier alpha value is -1.26. The standard InChI is InChI=1S/C14H23NO4/c1-14(2,3)19-13(18)15-8-10(12(16)17)9-6-4-5-7-11(9)15/h9-11H,4-8H2,1-3H3,(H,16,17). The van der Waals surface area contributed by atoms with E-state index in [1.165, 1.54) is 0 Å². The summed E-state index contributed by atoms with van der Waals surface area (Å²) >= 11 is 0. The first-order valence-corrected chi connectivity index (χ1v) is 7.02. The lowest BCUT2D eigenvalue weighted by atomic mass is 9.80. The fraction of sp³-hybridized carbons (Fsp3) is 0.857. The van der Waals surface area contributed by atoms with Gasteiger partial charge in [0.15, 0.2) is 0 Å². The van der Waals surface area contributed by atoms with E-state index >= 15 is 0 Å². The minimum absolute atomic E-state index is 0.0460. The summed E-state index contributed by atoms with van der Waals surface area (Å²) in [5.41, 5.74) is -0.539. The number of hydrogen-bond donors (Lipinski definition) is 1. The Morgan fingerprint density at radius 2 is 1.84 bits per heavy atom. The highest BCUT2D eigenvalue weighted by Gasteiger charge is 2.48. The molecule has 1 N–H and O–H groups in total. The second-order valence-corrected chi connectivity index (χ2v) is 6.59. The highest BCUT2D eigenvalue weighted by molar-refractivity contribution is 5.75. The summed E-state index contributed by atoms with van der Waals surface area (Å²) in [6.45, 7) is 5.77. The van der Waals surface area contributed by atoms with Crippen molar-refractivity contribution in [3.8, 4) is 0 Å². The van der Waals surface area contributed by atoms with Crippen LogP contribution in [0, 0.1) is 11.8 Å². The predicted octanol–water partition coefficient (Wildman–Crippen LogP) is 2.50. The van der Waals surface area contributed by atoms with Crippen molar-refractivity contribution in [2.24, 2.45) is 11.8 Å². The molecule has 19 heavy (non-hydrogen) atoms. The number of nitrogens with zero attached hydrogens (tertiary/aromatic N) is 1. The number of carboxylic acids is 1. The molecule has 2 fully saturated rings. The molecule has 2 rings (SSSR count). The number of aliphatic carboxylic acids is 1. The molecule has 2 aliphatic rings. The molecule has 0 aromatic carbocycles. The van der Waals surface area contributed by atoms with Crippen LogP contribution < -0.4 is 0 Å². The van der Waals surface area contributed by atoms with E-state index in [1.54, 1.807) is 4.90 Å². The monoisotopic (exact) mass is 269 g/mol. The molecule has 1 saturated carbocycles. The van der Waals surface area contributed by atoms with Gasteiger partial charge in [-0.1, -0.05) is 12.8 Å².